The molecule has 0 saturated heterocycles. The summed E-state index contributed by atoms with van der Waals surface area (Å²) in [6.45, 7) is -0.167. The third kappa shape index (κ3) is 3.16. The highest BCUT2D eigenvalue weighted by atomic mass is 19.1. The molecule has 0 unspecified atom stereocenters. The lowest BCUT2D eigenvalue weighted by Crippen LogP contribution is -2.40. The van der Waals surface area contributed by atoms with Gasteiger partial charge in [0, 0.05) is 18.0 Å². The summed E-state index contributed by atoms with van der Waals surface area (Å²) < 4.78 is 20.9. The van der Waals surface area contributed by atoms with Crippen molar-refractivity contribution in [2.75, 3.05) is 7.11 Å². The Morgan fingerprint density at radius 3 is 2.53 bits per heavy atom. The molecule has 3 aromatic heterocycles. The Morgan fingerprint density at radius 1 is 1.03 bits per heavy atom. The van der Waals surface area contributed by atoms with Crippen LogP contribution < -0.4 is 11.2 Å². The minimum Gasteiger partial charge on any atom is -0.465 e. The molecule has 30 heavy (non-hydrogen) atoms. The van der Waals surface area contributed by atoms with E-state index in [1.54, 1.807) is 12.1 Å². The number of fused-ring (bicyclic) bond motifs is 1. The molecule has 1 aromatic carbocycles. The first-order valence-corrected chi connectivity index (χ1v) is 8.90. The first kappa shape index (κ1) is 19.2. The van der Waals surface area contributed by atoms with E-state index in [9.17, 15) is 18.8 Å². The van der Waals surface area contributed by atoms with Gasteiger partial charge >= 0.3 is 11.7 Å². The second-order valence-electron chi connectivity index (χ2n) is 6.34. The van der Waals surface area contributed by atoms with Crippen molar-refractivity contribution >= 4 is 17.0 Å². The van der Waals surface area contributed by atoms with Crippen LogP contribution in [-0.4, -0.2) is 32.2 Å². The number of nitrogens with zero attached hydrogens (tertiary/aromatic N) is 4. The van der Waals surface area contributed by atoms with E-state index in [0.29, 0.717) is 0 Å². The summed E-state index contributed by atoms with van der Waals surface area (Å²) in [4.78, 5) is 46.9. The molecule has 8 nitrogen and oxygen atoms in total. The van der Waals surface area contributed by atoms with Crippen LogP contribution in [0.2, 0.25) is 0 Å². The van der Waals surface area contributed by atoms with E-state index in [2.05, 4.69) is 9.97 Å². The standard InChI is InChI=1S/C21H15FN4O4/c1-30-20(28)15-8-5-11-24-18(15)26-19(27)14-7-4-10-23-17(14)25(21(26)29)12-13-6-2-3-9-16(13)22/h2-11H,12H2,1H3. The molecular formula is C21H15FN4O4. The van der Waals surface area contributed by atoms with Crippen molar-refractivity contribution in [3.8, 4) is 5.82 Å². The zero-order valence-electron chi connectivity index (χ0n) is 15.8. The number of methoxy groups -OCH3 is 1. The number of esters is 1. The van der Waals surface area contributed by atoms with Gasteiger partial charge in [0.25, 0.3) is 5.56 Å². The number of hydrogen-bond donors (Lipinski definition) is 0. The van der Waals surface area contributed by atoms with E-state index in [-0.39, 0.29) is 34.5 Å². The highest BCUT2D eigenvalue weighted by Gasteiger charge is 2.22. The van der Waals surface area contributed by atoms with E-state index in [0.717, 1.165) is 4.57 Å². The van der Waals surface area contributed by atoms with Crippen LogP contribution in [0, 0.1) is 5.82 Å². The van der Waals surface area contributed by atoms with E-state index in [1.807, 2.05) is 0 Å². The molecule has 0 amide bonds. The highest BCUT2D eigenvalue weighted by molar-refractivity contribution is 5.92. The molecule has 9 heteroatoms. The molecule has 4 rings (SSSR count). The lowest BCUT2D eigenvalue weighted by atomic mass is 10.2. The maximum absolute atomic E-state index is 14.2. The second kappa shape index (κ2) is 7.70. The largest absolute Gasteiger partial charge is 0.465 e. The van der Waals surface area contributed by atoms with Crippen molar-refractivity contribution in [2.24, 2.45) is 0 Å². The fourth-order valence-corrected chi connectivity index (χ4v) is 3.17. The third-order valence-electron chi connectivity index (χ3n) is 4.59. The predicted molar refractivity (Wildman–Crippen MR) is 106 cm³/mol. The van der Waals surface area contributed by atoms with Gasteiger partial charge in [-0.3, -0.25) is 9.36 Å². The van der Waals surface area contributed by atoms with Gasteiger partial charge in [-0.15, -0.1) is 0 Å². The molecule has 0 N–H and O–H groups in total. The van der Waals surface area contributed by atoms with E-state index in [1.165, 1.54) is 60.5 Å². The van der Waals surface area contributed by atoms with Crippen LogP contribution in [0.4, 0.5) is 4.39 Å². The fourth-order valence-electron chi connectivity index (χ4n) is 3.17. The van der Waals surface area contributed by atoms with Crippen molar-refractivity contribution in [1.29, 1.82) is 0 Å². The average Bonchev–Trinajstić information content (AvgIpc) is 2.78. The van der Waals surface area contributed by atoms with Crippen LogP contribution in [0.25, 0.3) is 16.9 Å². The summed E-state index contributed by atoms with van der Waals surface area (Å²) in [5, 5.41) is 0.120. The number of hydrogen-bond acceptors (Lipinski definition) is 6. The van der Waals surface area contributed by atoms with Crippen LogP contribution in [-0.2, 0) is 11.3 Å². The quantitative estimate of drug-likeness (QED) is 0.481. The monoisotopic (exact) mass is 406 g/mol. The number of carbonyl (C=O) groups is 1. The van der Waals surface area contributed by atoms with Crippen molar-refractivity contribution in [3.63, 3.8) is 0 Å². The van der Waals surface area contributed by atoms with Crippen LogP contribution in [0.3, 0.4) is 0 Å². The van der Waals surface area contributed by atoms with Crippen molar-refractivity contribution in [2.45, 2.75) is 6.54 Å². The van der Waals surface area contributed by atoms with Gasteiger partial charge in [0.05, 0.1) is 19.0 Å². The molecule has 0 atom stereocenters. The Hall–Kier alpha value is -4.14. The number of rotatable bonds is 4. The normalized spacial score (nSPS) is 10.9. The van der Waals surface area contributed by atoms with Crippen molar-refractivity contribution in [3.05, 3.63) is 98.7 Å². The van der Waals surface area contributed by atoms with Gasteiger partial charge in [-0.25, -0.2) is 28.5 Å². The summed E-state index contributed by atoms with van der Waals surface area (Å²) in [6.07, 6.45) is 2.78. The van der Waals surface area contributed by atoms with Gasteiger partial charge in [0.2, 0.25) is 0 Å². The second-order valence-corrected chi connectivity index (χ2v) is 6.34. The predicted octanol–water partition coefficient (Wildman–Crippen LogP) is 1.92. The highest BCUT2D eigenvalue weighted by Crippen LogP contribution is 2.14. The van der Waals surface area contributed by atoms with Gasteiger partial charge in [-0.05, 0) is 30.3 Å². The Bertz CT molecular complexity index is 1390. The van der Waals surface area contributed by atoms with Gasteiger partial charge in [-0.1, -0.05) is 18.2 Å². The van der Waals surface area contributed by atoms with Crippen LogP contribution >= 0.6 is 0 Å². The summed E-state index contributed by atoms with van der Waals surface area (Å²) in [6, 6.07) is 11.9. The zero-order valence-corrected chi connectivity index (χ0v) is 15.8. The smallest absolute Gasteiger partial charge is 0.341 e. The maximum atomic E-state index is 14.2. The van der Waals surface area contributed by atoms with Gasteiger partial charge in [0.15, 0.2) is 5.82 Å². The minimum absolute atomic E-state index is 0.0557. The third-order valence-corrected chi connectivity index (χ3v) is 4.59. The number of carbonyl (C=O) groups excluding carboxylic acids is 1. The first-order chi connectivity index (χ1) is 14.5. The van der Waals surface area contributed by atoms with Gasteiger partial charge in [-0.2, -0.15) is 0 Å². The molecule has 0 aliphatic heterocycles. The Labute approximate surface area is 168 Å². The van der Waals surface area contributed by atoms with Crippen LogP contribution in [0.1, 0.15) is 15.9 Å². The summed E-state index contributed by atoms with van der Waals surface area (Å²) >= 11 is 0. The number of aromatic nitrogens is 4. The number of pyridine rings is 2. The summed E-state index contributed by atoms with van der Waals surface area (Å²) in [5.41, 5.74) is -1.22. The fraction of sp³-hybridized carbons (Fsp3) is 0.0952. The topological polar surface area (TPSA) is 96.1 Å². The first-order valence-electron chi connectivity index (χ1n) is 8.90. The molecule has 0 aliphatic rings. The molecule has 0 spiro atoms. The molecule has 0 aliphatic carbocycles. The van der Waals surface area contributed by atoms with E-state index < -0.39 is 23.0 Å². The molecule has 0 fully saturated rings. The zero-order chi connectivity index (χ0) is 21.3. The average molecular weight is 406 g/mol. The van der Waals surface area contributed by atoms with Gasteiger partial charge in [0.1, 0.15) is 17.0 Å². The molecule has 4 aromatic rings. The maximum Gasteiger partial charge on any atom is 0.341 e. The Balaban J connectivity index is 2.07. The Morgan fingerprint density at radius 2 is 1.77 bits per heavy atom. The molecule has 150 valence electrons. The number of halogens is 1. The molecule has 3 heterocycles. The summed E-state index contributed by atoms with van der Waals surface area (Å²) in [5.74, 6) is -1.43. The lowest BCUT2D eigenvalue weighted by Gasteiger charge is -2.14. The molecular weight excluding hydrogens is 391 g/mol. The lowest BCUT2D eigenvalue weighted by molar-refractivity contribution is 0.0600. The number of ether oxygens (including phenoxy) is 1. The SMILES string of the molecule is COC(=O)c1cccnc1-n1c(=O)c2cccnc2n(Cc2ccccc2F)c1=O. The Kier molecular flexibility index (Phi) is 4.93. The van der Waals surface area contributed by atoms with Crippen LogP contribution in [0.15, 0.2) is 70.5 Å². The van der Waals surface area contributed by atoms with Gasteiger partial charge < -0.3 is 4.74 Å². The van der Waals surface area contributed by atoms with Crippen molar-refractivity contribution in [1.82, 2.24) is 19.1 Å². The van der Waals surface area contributed by atoms with E-state index >= 15 is 0 Å². The van der Waals surface area contributed by atoms with Crippen LogP contribution in [0.5, 0.6) is 0 Å². The van der Waals surface area contributed by atoms with E-state index in [4.69, 9.17) is 4.74 Å². The molecule has 0 bridgehead atoms. The summed E-state index contributed by atoms with van der Waals surface area (Å²) in [7, 11) is 1.18. The molecule has 0 radical (unpaired) electrons. The van der Waals surface area contributed by atoms with Crippen molar-refractivity contribution < 1.29 is 13.9 Å². The minimum atomic E-state index is -0.807. The number of benzene rings is 1. The molecule has 0 saturated carbocycles.